The number of urea groups is 1. The summed E-state index contributed by atoms with van der Waals surface area (Å²) in [6, 6.07) is 3.51. The van der Waals surface area contributed by atoms with Crippen LogP contribution in [0.25, 0.3) is 11.4 Å². The number of carbonyl (C=O) groups excluding carboxylic acids is 1. The predicted molar refractivity (Wildman–Crippen MR) is 118 cm³/mol. The van der Waals surface area contributed by atoms with E-state index >= 15 is 0 Å². The molecular weight excluding hydrogens is 412 g/mol. The number of pyridine rings is 1. The van der Waals surface area contributed by atoms with Crippen LogP contribution in [-0.2, 0) is 18.4 Å². The first-order chi connectivity index (χ1) is 15.3. The summed E-state index contributed by atoms with van der Waals surface area (Å²) in [6.07, 6.45) is 3.65. The molecule has 2 aromatic rings. The van der Waals surface area contributed by atoms with Gasteiger partial charge in [-0.25, -0.2) is 14.5 Å². The van der Waals surface area contributed by atoms with Crippen LogP contribution in [0.15, 0.2) is 12.1 Å². The van der Waals surface area contributed by atoms with Crippen LogP contribution >= 0.6 is 0 Å². The second kappa shape index (κ2) is 10.4. The number of carboxylic acids is 1. The number of carbonyl (C=O) groups is 2. The molecule has 0 unspecified atom stereocenters. The molecular formula is C22H32N6O4. The van der Waals surface area contributed by atoms with Gasteiger partial charge in [-0.3, -0.25) is 4.79 Å². The number of aromatic nitrogens is 4. The van der Waals surface area contributed by atoms with Crippen molar-refractivity contribution >= 4 is 12.0 Å². The lowest BCUT2D eigenvalue weighted by atomic mass is 9.87. The molecule has 2 amide bonds. The molecule has 1 aliphatic carbocycles. The van der Waals surface area contributed by atoms with Gasteiger partial charge in [0.15, 0.2) is 0 Å². The minimum absolute atomic E-state index is 0.126. The van der Waals surface area contributed by atoms with Gasteiger partial charge in [-0.05, 0) is 51.2 Å². The molecule has 174 valence electrons. The quantitative estimate of drug-likeness (QED) is 0.642. The average molecular weight is 445 g/mol. The van der Waals surface area contributed by atoms with E-state index in [1.54, 1.807) is 23.7 Å². The Morgan fingerprint density at radius 2 is 2.12 bits per heavy atom. The van der Waals surface area contributed by atoms with E-state index < -0.39 is 5.97 Å². The number of nitrogens with one attached hydrogen (secondary N) is 1. The van der Waals surface area contributed by atoms with Crippen LogP contribution in [0, 0.1) is 12.8 Å². The third-order valence-electron chi connectivity index (χ3n) is 5.80. The maximum atomic E-state index is 12.2. The molecule has 0 saturated heterocycles. The van der Waals surface area contributed by atoms with Gasteiger partial charge in [0.05, 0.1) is 35.6 Å². The first kappa shape index (κ1) is 23.5. The van der Waals surface area contributed by atoms with Crippen molar-refractivity contribution < 1.29 is 19.4 Å². The summed E-state index contributed by atoms with van der Waals surface area (Å²) in [7, 11) is 3.54. The number of aryl methyl sites for hydroxylation is 2. The van der Waals surface area contributed by atoms with E-state index in [0.29, 0.717) is 42.2 Å². The SMILES string of the molecule is CCCN(C)C(=O)NCc1c(-c2ccc(O[C@H]3CCC[C@H](C(=O)O)C3)c(C)n2)nnn1C. The van der Waals surface area contributed by atoms with Crippen LogP contribution in [0.3, 0.4) is 0 Å². The molecule has 32 heavy (non-hydrogen) atoms. The third-order valence-corrected chi connectivity index (χ3v) is 5.80. The zero-order chi connectivity index (χ0) is 23.3. The van der Waals surface area contributed by atoms with Crippen molar-refractivity contribution in [2.24, 2.45) is 13.0 Å². The van der Waals surface area contributed by atoms with Gasteiger partial charge in [0.2, 0.25) is 0 Å². The lowest BCUT2D eigenvalue weighted by Crippen LogP contribution is -2.37. The van der Waals surface area contributed by atoms with E-state index in [2.05, 4.69) is 20.6 Å². The van der Waals surface area contributed by atoms with E-state index in [0.717, 1.165) is 25.0 Å². The molecule has 1 fully saturated rings. The van der Waals surface area contributed by atoms with Gasteiger partial charge in [0, 0.05) is 20.6 Å². The van der Waals surface area contributed by atoms with Crippen molar-refractivity contribution in [1.29, 1.82) is 0 Å². The Kier molecular flexibility index (Phi) is 7.66. The largest absolute Gasteiger partial charge is 0.489 e. The Labute approximate surface area is 188 Å². The maximum absolute atomic E-state index is 12.2. The van der Waals surface area contributed by atoms with Crippen molar-refractivity contribution in [3.05, 3.63) is 23.5 Å². The molecule has 2 N–H and O–H groups in total. The fraction of sp³-hybridized carbons (Fsp3) is 0.591. The summed E-state index contributed by atoms with van der Waals surface area (Å²) in [6.45, 7) is 4.84. The van der Waals surface area contributed by atoms with Crippen LogP contribution in [0.1, 0.15) is 50.4 Å². The van der Waals surface area contributed by atoms with Crippen molar-refractivity contribution in [3.63, 3.8) is 0 Å². The van der Waals surface area contributed by atoms with Crippen molar-refractivity contribution in [2.45, 2.75) is 58.6 Å². The van der Waals surface area contributed by atoms with Crippen molar-refractivity contribution in [2.75, 3.05) is 13.6 Å². The molecule has 0 aliphatic heterocycles. The molecule has 1 saturated carbocycles. The molecule has 2 atom stereocenters. The number of nitrogens with zero attached hydrogens (tertiary/aromatic N) is 5. The topological polar surface area (TPSA) is 122 Å². The van der Waals surface area contributed by atoms with Crippen LogP contribution in [0.4, 0.5) is 4.79 Å². The third kappa shape index (κ3) is 5.54. The maximum Gasteiger partial charge on any atom is 0.317 e. The highest BCUT2D eigenvalue weighted by atomic mass is 16.5. The van der Waals surface area contributed by atoms with E-state index in [-0.39, 0.29) is 24.6 Å². The van der Waals surface area contributed by atoms with Crippen LogP contribution in [0.5, 0.6) is 5.75 Å². The number of carboxylic acid groups (broad SMARTS) is 1. The summed E-state index contributed by atoms with van der Waals surface area (Å²) in [5, 5.41) is 20.5. The first-order valence-electron chi connectivity index (χ1n) is 11.0. The van der Waals surface area contributed by atoms with E-state index in [1.165, 1.54) is 0 Å². The second-order valence-corrected chi connectivity index (χ2v) is 8.31. The molecule has 10 nitrogen and oxygen atoms in total. The predicted octanol–water partition coefficient (Wildman–Crippen LogP) is 2.76. The molecule has 2 heterocycles. The molecule has 0 radical (unpaired) electrons. The van der Waals surface area contributed by atoms with Gasteiger partial charge in [0.25, 0.3) is 0 Å². The average Bonchev–Trinajstić information content (AvgIpc) is 3.14. The zero-order valence-corrected chi connectivity index (χ0v) is 19.2. The molecule has 3 rings (SSSR count). The van der Waals surface area contributed by atoms with Gasteiger partial charge < -0.3 is 20.1 Å². The summed E-state index contributed by atoms with van der Waals surface area (Å²) < 4.78 is 7.72. The summed E-state index contributed by atoms with van der Waals surface area (Å²) in [4.78, 5) is 29.8. The minimum atomic E-state index is -0.758. The van der Waals surface area contributed by atoms with Crippen molar-refractivity contribution in [3.8, 4) is 17.1 Å². The Balaban J connectivity index is 1.71. The number of aliphatic carboxylic acids is 1. The highest BCUT2D eigenvalue weighted by Gasteiger charge is 2.28. The number of amides is 2. The molecule has 0 bridgehead atoms. The molecule has 10 heteroatoms. The van der Waals surface area contributed by atoms with E-state index in [4.69, 9.17) is 4.74 Å². The summed E-state index contributed by atoms with van der Waals surface area (Å²) in [5.41, 5.74) is 2.69. The highest BCUT2D eigenvalue weighted by molar-refractivity contribution is 5.74. The van der Waals surface area contributed by atoms with Crippen LogP contribution in [-0.4, -0.2) is 61.7 Å². The van der Waals surface area contributed by atoms with Crippen molar-refractivity contribution in [1.82, 2.24) is 30.2 Å². The Hall–Kier alpha value is -3.17. The fourth-order valence-electron chi connectivity index (χ4n) is 3.97. The highest BCUT2D eigenvalue weighted by Crippen LogP contribution is 2.30. The molecule has 1 aliphatic rings. The molecule has 0 aromatic carbocycles. The minimum Gasteiger partial charge on any atom is -0.489 e. The van der Waals surface area contributed by atoms with Gasteiger partial charge in [-0.15, -0.1) is 5.10 Å². The van der Waals surface area contributed by atoms with Gasteiger partial charge in [-0.1, -0.05) is 12.1 Å². The van der Waals surface area contributed by atoms with Gasteiger partial charge >= 0.3 is 12.0 Å². The van der Waals surface area contributed by atoms with Gasteiger partial charge in [0.1, 0.15) is 11.4 Å². The number of hydrogen-bond acceptors (Lipinski definition) is 6. The monoisotopic (exact) mass is 444 g/mol. The summed E-state index contributed by atoms with van der Waals surface area (Å²) in [5.74, 6) is -0.466. The van der Waals surface area contributed by atoms with Crippen LogP contribution < -0.4 is 10.1 Å². The smallest absolute Gasteiger partial charge is 0.317 e. The Bertz CT molecular complexity index is 960. The van der Waals surface area contributed by atoms with E-state index in [9.17, 15) is 14.7 Å². The number of rotatable bonds is 8. The van der Waals surface area contributed by atoms with E-state index in [1.807, 2.05) is 26.0 Å². The normalized spacial score (nSPS) is 18.2. The van der Waals surface area contributed by atoms with Gasteiger partial charge in [-0.2, -0.15) is 0 Å². The Morgan fingerprint density at radius 1 is 1.34 bits per heavy atom. The summed E-state index contributed by atoms with van der Waals surface area (Å²) >= 11 is 0. The number of ether oxygens (including phenoxy) is 1. The molecule has 0 spiro atoms. The Morgan fingerprint density at radius 3 is 2.81 bits per heavy atom. The zero-order valence-electron chi connectivity index (χ0n) is 19.2. The lowest BCUT2D eigenvalue weighted by molar-refractivity contribution is -0.143. The van der Waals surface area contributed by atoms with Crippen LogP contribution in [0.2, 0.25) is 0 Å². The number of hydrogen-bond donors (Lipinski definition) is 2. The lowest BCUT2D eigenvalue weighted by Gasteiger charge is -2.27. The second-order valence-electron chi connectivity index (χ2n) is 8.31. The first-order valence-corrected chi connectivity index (χ1v) is 11.0. The fourth-order valence-corrected chi connectivity index (χ4v) is 3.97. The molecule has 2 aromatic heterocycles. The standard InChI is InChI=1S/C22H32N6O4/c1-5-11-27(3)22(31)23-13-18-20(25-26-28(18)4)17-9-10-19(14(2)24-17)32-16-8-6-7-15(12-16)21(29)30/h9-10,15-16H,5-8,11-13H2,1-4H3,(H,23,31)(H,29,30)/t15-,16-/m0/s1.